The molecule has 0 N–H and O–H groups in total. The zero-order valence-electron chi connectivity index (χ0n) is 17.4. The monoisotopic (exact) mass is 439 g/mol. The van der Waals surface area contributed by atoms with Crippen LogP contribution in [0.25, 0.3) is 22.4 Å². The second-order valence-corrected chi connectivity index (χ2v) is 8.20. The van der Waals surface area contributed by atoms with E-state index in [0.29, 0.717) is 42.7 Å². The highest BCUT2D eigenvalue weighted by Gasteiger charge is 2.25. The molecule has 0 atom stereocenters. The lowest BCUT2D eigenvalue weighted by Gasteiger charge is -2.36. The maximum absolute atomic E-state index is 13.4. The minimum absolute atomic E-state index is 0.0123. The van der Waals surface area contributed by atoms with Gasteiger partial charge in [-0.05, 0) is 36.4 Å². The van der Waals surface area contributed by atoms with Gasteiger partial charge in [-0.15, -0.1) is 10.2 Å². The minimum Gasteiger partial charge on any atom is -0.352 e. The summed E-state index contributed by atoms with van der Waals surface area (Å²) in [5, 5.41) is 9.42. The number of carbonyl (C=O) groups is 1. The zero-order valence-corrected chi connectivity index (χ0v) is 18.2. The molecule has 0 unspecified atom stereocenters. The van der Waals surface area contributed by atoms with Crippen LogP contribution in [0.5, 0.6) is 0 Å². The maximum Gasteiger partial charge on any atom is 0.225 e. The van der Waals surface area contributed by atoms with Crippen molar-refractivity contribution in [2.24, 2.45) is 5.92 Å². The molecule has 160 valence electrons. The van der Waals surface area contributed by atoms with E-state index in [9.17, 15) is 9.18 Å². The molecule has 6 nitrogen and oxygen atoms in total. The standard InChI is InChI=1S/C23H23ClFN5O/c1-15(2)23(31)30-11-9-29(10-12-30)21-13-19(18-7-8-26-14-20(18)24)22(28-27-21)16-3-5-17(25)6-4-16/h3-8,13-15H,9-12H2,1-2H3. The fourth-order valence-corrected chi connectivity index (χ4v) is 3.90. The van der Waals surface area contributed by atoms with Crippen LogP contribution < -0.4 is 4.90 Å². The first-order chi connectivity index (χ1) is 14.9. The lowest BCUT2D eigenvalue weighted by molar-refractivity contribution is -0.134. The number of nitrogens with zero attached hydrogens (tertiary/aromatic N) is 5. The smallest absolute Gasteiger partial charge is 0.225 e. The highest BCUT2D eigenvalue weighted by Crippen LogP contribution is 2.36. The number of hydrogen-bond acceptors (Lipinski definition) is 5. The van der Waals surface area contributed by atoms with E-state index in [2.05, 4.69) is 20.1 Å². The van der Waals surface area contributed by atoms with Gasteiger partial charge in [0.15, 0.2) is 5.82 Å². The number of carbonyl (C=O) groups excluding carboxylic acids is 1. The van der Waals surface area contributed by atoms with E-state index in [0.717, 1.165) is 16.7 Å². The molecule has 1 fully saturated rings. The first kappa shape index (κ1) is 21.2. The van der Waals surface area contributed by atoms with Gasteiger partial charge in [0, 0.05) is 61.2 Å². The largest absolute Gasteiger partial charge is 0.352 e. The lowest BCUT2D eigenvalue weighted by atomic mass is 10.0. The first-order valence-electron chi connectivity index (χ1n) is 10.2. The third kappa shape index (κ3) is 4.51. The van der Waals surface area contributed by atoms with Crippen molar-refractivity contribution in [3.63, 3.8) is 0 Å². The molecule has 2 aromatic heterocycles. The van der Waals surface area contributed by atoms with E-state index < -0.39 is 0 Å². The van der Waals surface area contributed by atoms with Crippen LogP contribution in [0.3, 0.4) is 0 Å². The van der Waals surface area contributed by atoms with Crippen molar-refractivity contribution in [1.29, 1.82) is 0 Å². The summed E-state index contributed by atoms with van der Waals surface area (Å²) in [5.74, 6) is 0.555. The van der Waals surface area contributed by atoms with Gasteiger partial charge < -0.3 is 9.80 Å². The molecular formula is C23H23ClFN5O. The van der Waals surface area contributed by atoms with Gasteiger partial charge in [0.1, 0.15) is 11.5 Å². The van der Waals surface area contributed by atoms with E-state index in [1.54, 1.807) is 24.5 Å². The van der Waals surface area contributed by atoms with Crippen LogP contribution in [0.4, 0.5) is 10.2 Å². The van der Waals surface area contributed by atoms with Crippen molar-refractivity contribution >= 4 is 23.3 Å². The molecule has 4 rings (SSSR count). The van der Waals surface area contributed by atoms with E-state index in [1.807, 2.05) is 30.9 Å². The molecule has 1 saturated heterocycles. The summed E-state index contributed by atoms with van der Waals surface area (Å²) in [6.45, 7) is 6.46. The number of aromatic nitrogens is 3. The maximum atomic E-state index is 13.4. The molecule has 0 bridgehead atoms. The van der Waals surface area contributed by atoms with Crippen LogP contribution in [0.1, 0.15) is 13.8 Å². The number of benzene rings is 1. The van der Waals surface area contributed by atoms with Gasteiger partial charge in [-0.2, -0.15) is 0 Å². The summed E-state index contributed by atoms with van der Waals surface area (Å²) < 4.78 is 13.4. The fourth-order valence-electron chi connectivity index (χ4n) is 3.68. The molecular weight excluding hydrogens is 417 g/mol. The Labute approximate surface area is 185 Å². The number of rotatable bonds is 4. The third-order valence-corrected chi connectivity index (χ3v) is 5.67. The molecule has 1 aliphatic rings. The topological polar surface area (TPSA) is 62.2 Å². The molecule has 3 heterocycles. The lowest BCUT2D eigenvalue weighted by Crippen LogP contribution is -2.50. The van der Waals surface area contributed by atoms with Crippen LogP contribution in [-0.2, 0) is 4.79 Å². The average molecular weight is 440 g/mol. The molecule has 0 spiro atoms. The van der Waals surface area contributed by atoms with Crippen LogP contribution in [0.15, 0.2) is 48.8 Å². The normalized spacial score (nSPS) is 14.2. The van der Waals surface area contributed by atoms with Gasteiger partial charge in [-0.1, -0.05) is 25.4 Å². The van der Waals surface area contributed by atoms with Crippen molar-refractivity contribution < 1.29 is 9.18 Å². The van der Waals surface area contributed by atoms with Crippen LogP contribution >= 0.6 is 11.6 Å². The molecule has 8 heteroatoms. The Balaban J connectivity index is 1.69. The molecule has 0 saturated carbocycles. The second kappa shape index (κ2) is 8.98. The predicted molar refractivity (Wildman–Crippen MR) is 119 cm³/mol. The summed E-state index contributed by atoms with van der Waals surface area (Å²) in [4.78, 5) is 20.4. The summed E-state index contributed by atoms with van der Waals surface area (Å²) >= 11 is 6.44. The summed E-state index contributed by atoms with van der Waals surface area (Å²) in [6, 6.07) is 9.92. The van der Waals surface area contributed by atoms with Gasteiger partial charge in [-0.25, -0.2) is 4.39 Å². The average Bonchev–Trinajstić information content (AvgIpc) is 2.79. The molecule has 3 aromatic rings. The van der Waals surface area contributed by atoms with Crippen LogP contribution in [-0.4, -0.2) is 52.2 Å². The Kier molecular flexibility index (Phi) is 6.13. The summed E-state index contributed by atoms with van der Waals surface area (Å²) in [7, 11) is 0. The molecule has 0 aliphatic carbocycles. The predicted octanol–water partition coefficient (Wildman–Crippen LogP) is 4.30. The molecule has 0 radical (unpaired) electrons. The summed E-state index contributed by atoms with van der Waals surface area (Å²) in [6.07, 6.45) is 3.26. The molecule has 1 amide bonds. The van der Waals surface area contributed by atoms with Crippen LogP contribution in [0.2, 0.25) is 5.02 Å². The van der Waals surface area contributed by atoms with Gasteiger partial charge >= 0.3 is 0 Å². The van der Waals surface area contributed by atoms with E-state index >= 15 is 0 Å². The quantitative estimate of drug-likeness (QED) is 0.606. The molecule has 31 heavy (non-hydrogen) atoms. The van der Waals surface area contributed by atoms with Crippen molar-refractivity contribution in [3.05, 3.63) is 59.6 Å². The number of halogens is 2. The Bertz CT molecular complexity index is 1080. The van der Waals surface area contributed by atoms with Crippen molar-refractivity contribution in [2.75, 3.05) is 31.1 Å². The number of hydrogen-bond donors (Lipinski definition) is 0. The Morgan fingerprint density at radius 2 is 1.74 bits per heavy atom. The first-order valence-corrected chi connectivity index (χ1v) is 10.6. The minimum atomic E-state index is -0.314. The van der Waals surface area contributed by atoms with E-state index in [1.165, 1.54) is 12.1 Å². The second-order valence-electron chi connectivity index (χ2n) is 7.79. The van der Waals surface area contributed by atoms with Crippen molar-refractivity contribution in [1.82, 2.24) is 20.1 Å². The van der Waals surface area contributed by atoms with Gasteiger partial charge in [0.2, 0.25) is 5.91 Å². The van der Waals surface area contributed by atoms with Gasteiger partial charge in [0.05, 0.1) is 5.02 Å². The van der Waals surface area contributed by atoms with Crippen molar-refractivity contribution in [2.45, 2.75) is 13.8 Å². The Morgan fingerprint density at radius 1 is 1.03 bits per heavy atom. The molecule has 1 aromatic carbocycles. The van der Waals surface area contributed by atoms with Crippen LogP contribution in [0, 0.1) is 11.7 Å². The van der Waals surface area contributed by atoms with Gasteiger partial charge in [-0.3, -0.25) is 9.78 Å². The zero-order chi connectivity index (χ0) is 22.0. The third-order valence-electron chi connectivity index (χ3n) is 5.37. The molecule has 1 aliphatic heterocycles. The van der Waals surface area contributed by atoms with E-state index in [4.69, 9.17) is 11.6 Å². The fraction of sp³-hybridized carbons (Fsp3) is 0.304. The number of pyridine rings is 1. The SMILES string of the molecule is CC(C)C(=O)N1CCN(c2cc(-c3ccncc3Cl)c(-c3ccc(F)cc3)nn2)CC1. The van der Waals surface area contributed by atoms with Gasteiger partial charge in [0.25, 0.3) is 0 Å². The summed E-state index contributed by atoms with van der Waals surface area (Å²) in [5.41, 5.74) is 2.94. The number of anilines is 1. The number of amides is 1. The Morgan fingerprint density at radius 3 is 2.39 bits per heavy atom. The highest BCUT2D eigenvalue weighted by molar-refractivity contribution is 6.33. The Hall–Kier alpha value is -3.06. The van der Waals surface area contributed by atoms with E-state index in [-0.39, 0.29) is 17.6 Å². The number of piperazine rings is 1. The highest BCUT2D eigenvalue weighted by atomic mass is 35.5. The van der Waals surface area contributed by atoms with Crippen molar-refractivity contribution in [3.8, 4) is 22.4 Å².